The van der Waals surface area contributed by atoms with Crippen LogP contribution >= 0.6 is 0 Å². The maximum absolute atomic E-state index is 10.6. The van der Waals surface area contributed by atoms with E-state index in [0.717, 1.165) is 11.2 Å². The number of imidazole rings is 1. The minimum atomic E-state index is 0.301. The summed E-state index contributed by atoms with van der Waals surface area (Å²) < 4.78 is 0. The molecule has 0 aliphatic carbocycles. The first-order valence-corrected chi connectivity index (χ1v) is 4.77. The second kappa shape index (κ2) is 3.68. The summed E-state index contributed by atoms with van der Waals surface area (Å²) in [6.45, 7) is 4.09. The number of carbonyl (C=O) groups is 1. The average molecular weight is 204 g/mol. The van der Waals surface area contributed by atoms with E-state index in [2.05, 4.69) is 20.3 Å². The molecule has 0 radical (unpaired) electrons. The lowest BCUT2D eigenvalue weighted by Gasteiger charge is -2.09. The van der Waals surface area contributed by atoms with Crippen LogP contribution in [0.4, 0.5) is 5.69 Å². The Bertz CT molecular complexity index is 489. The highest BCUT2D eigenvalue weighted by atomic mass is 16.1. The number of rotatable bonds is 3. The molecular formula is C10H12N4O. The number of aromatic nitrogens is 3. The van der Waals surface area contributed by atoms with Crippen LogP contribution in [-0.2, 0) is 0 Å². The number of nitrogens with one attached hydrogen (secondary N) is 2. The van der Waals surface area contributed by atoms with Gasteiger partial charge in [-0.1, -0.05) is 0 Å². The van der Waals surface area contributed by atoms with Crippen LogP contribution in [0, 0.1) is 0 Å². The number of H-pyrrole nitrogens is 1. The molecule has 2 rings (SSSR count). The summed E-state index contributed by atoms with van der Waals surface area (Å²) in [5.74, 6) is 0.301. The van der Waals surface area contributed by atoms with Gasteiger partial charge in [0.25, 0.3) is 0 Å². The molecule has 2 heterocycles. The topological polar surface area (TPSA) is 70.7 Å². The van der Waals surface area contributed by atoms with Crippen molar-refractivity contribution >= 4 is 23.1 Å². The molecule has 15 heavy (non-hydrogen) atoms. The van der Waals surface area contributed by atoms with Gasteiger partial charge in [-0.25, -0.2) is 9.97 Å². The molecule has 0 bridgehead atoms. The number of pyridine rings is 1. The maximum atomic E-state index is 10.6. The summed E-state index contributed by atoms with van der Waals surface area (Å²) in [7, 11) is 0. The number of carbonyl (C=O) groups excluding carboxylic acids is 1. The summed E-state index contributed by atoms with van der Waals surface area (Å²) in [6, 6.07) is 2.17. The molecule has 0 amide bonds. The second-order valence-corrected chi connectivity index (χ2v) is 3.60. The Kier molecular flexibility index (Phi) is 2.37. The predicted octanol–water partition coefficient (Wildman–Crippen LogP) is 1.59. The van der Waals surface area contributed by atoms with Crippen LogP contribution in [0.2, 0.25) is 0 Å². The van der Waals surface area contributed by atoms with Crippen LogP contribution in [0.25, 0.3) is 11.2 Å². The molecule has 2 N–H and O–H groups in total. The third-order valence-electron chi connectivity index (χ3n) is 1.97. The SMILES string of the molecule is CC(C)Nc1ccnc2nc(C=O)[nH]c12. The number of hydrogen-bond donors (Lipinski definition) is 2. The average Bonchev–Trinajstić information content (AvgIpc) is 2.61. The van der Waals surface area contributed by atoms with Crippen molar-refractivity contribution in [1.29, 1.82) is 0 Å². The molecule has 0 aliphatic rings. The molecule has 0 aromatic carbocycles. The highest BCUT2D eigenvalue weighted by Crippen LogP contribution is 2.19. The first kappa shape index (κ1) is 9.64. The molecule has 0 spiro atoms. The molecule has 2 aromatic rings. The minimum Gasteiger partial charge on any atom is -0.381 e. The Morgan fingerprint density at radius 3 is 3.00 bits per heavy atom. The van der Waals surface area contributed by atoms with E-state index in [1.807, 2.05) is 19.9 Å². The van der Waals surface area contributed by atoms with Gasteiger partial charge in [0.05, 0.1) is 5.69 Å². The fourth-order valence-electron chi connectivity index (χ4n) is 1.42. The Hall–Kier alpha value is -1.91. The first-order chi connectivity index (χ1) is 7.20. The quantitative estimate of drug-likeness (QED) is 0.745. The lowest BCUT2D eigenvalue weighted by molar-refractivity contribution is 0.111. The van der Waals surface area contributed by atoms with Gasteiger partial charge < -0.3 is 10.3 Å². The summed E-state index contributed by atoms with van der Waals surface area (Å²) >= 11 is 0. The van der Waals surface area contributed by atoms with Crippen molar-refractivity contribution < 1.29 is 4.79 Å². The number of aldehydes is 1. The lowest BCUT2D eigenvalue weighted by Crippen LogP contribution is -2.10. The Labute approximate surface area is 86.9 Å². The van der Waals surface area contributed by atoms with Crippen LogP contribution in [0.1, 0.15) is 24.5 Å². The predicted molar refractivity (Wildman–Crippen MR) is 58.0 cm³/mol. The molecule has 0 unspecified atom stereocenters. The highest BCUT2D eigenvalue weighted by Gasteiger charge is 2.07. The van der Waals surface area contributed by atoms with Gasteiger partial charge in [0.15, 0.2) is 17.8 Å². The first-order valence-electron chi connectivity index (χ1n) is 4.77. The van der Waals surface area contributed by atoms with Gasteiger partial charge in [0.1, 0.15) is 5.52 Å². The van der Waals surface area contributed by atoms with Gasteiger partial charge in [-0.05, 0) is 19.9 Å². The summed E-state index contributed by atoms with van der Waals surface area (Å²) in [4.78, 5) is 21.6. The monoisotopic (exact) mass is 204 g/mol. The summed E-state index contributed by atoms with van der Waals surface area (Å²) in [6.07, 6.45) is 2.35. The van der Waals surface area contributed by atoms with Crippen molar-refractivity contribution in [2.75, 3.05) is 5.32 Å². The standard InChI is InChI=1S/C10H12N4O/c1-6(2)12-7-3-4-11-10-9(7)13-8(5-15)14-10/h3-6H,1-2H3,(H2,11,12,13,14). The Balaban J connectivity index is 2.54. The number of hydrogen-bond acceptors (Lipinski definition) is 4. The Morgan fingerprint density at radius 2 is 2.33 bits per heavy atom. The van der Waals surface area contributed by atoms with E-state index in [9.17, 15) is 4.79 Å². The van der Waals surface area contributed by atoms with E-state index in [-0.39, 0.29) is 0 Å². The van der Waals surface area contributed by atoms with Gasteiger partial charge >= 0.3 is 0 Å². The number of aromatic amines is 1. The van der Waals surface area contributed by atoms with Crippen LogP contribution in [0.3, 0.4) is 0 Å². The largest absolute Gasteiger partial charge is 0.381 e. The second-order valence-electron chi connectivity index (χ2n) is 3.60. The van der Waals surface area contributed by atoms with Crippen LogP contribution < -0.4 is 5.32 Å². The van der Waals surface area contributed by atoms with Crippen molar-refractivity contribution in [2.45, 2.75) is 19.9 Å². The van der Waals surface area contributed by atoms with E-state index in [1.165, 1.54) is 0 Å². The van der Waals surface area contributed by atoms with Gasteiger partial charge in [-0.2, -0.15) is 0 Å². The maximum Gasteiger partial charge on any atom is 0.185 e. The van der Waals surface area contributed by atoms with E-state index in [1.54, 1.807) is 6.20 Å². The molecule has 0 fully saturated rings. The van der Waals surface area contributed by atoms with Crippen molar-refractivity contribution in [2.24, 2.45) is 0 Å². The lowest BCUT2D eigenvalue weighted by atomic mass is 10.3. The summed E-state index contributed by atoms with van der Waals surface area (Å²) in [5, 5.41) is 3.26. The normalized spacial score (nSPS) is 10.9. The van der Waals surface area contributed by atoms with E-state index in [0.29, 0.717) is 23.8 Å². The van der Waals surface area contributed by atoms with Gasteiger partial charge in [0, 0.05) is 12.2 Å². The fraction of sp³-hybridized carbons (Fsp3) is 0.300. The zero-order valence-electron chi connectivity index (χ0n) is 8.61. The van der Waals surface area contributed by atoms with E-state index >= 15 is 0 Å². The molecule has 5 heteroatoms. The fourth-order valence-corrected chi connectivity index (χ4v) is 1.42. The van der Waals surface area contributed by atoms with Crippen molar-refractivity contribution in [3.05, 3.63) is 18.1 Å². The smallest absolute Gasteiger partial charge is 0.185 e. The summed E-state index contributed by atoms with van der Waals surface area (Å²) in [5.41, 5.74) is 2.24. The third kappa shape index (κ3) is 1.81. The Morgan fingerprint density at radius 1 is 1.53 bits per heavy atom. The van der Waals surface area contributed by atoms with Crippen molar-refractivity contribution in [3.63, 3.8) is 0 Å². The minimum absolute atomic E-state index is 0.301. The van der Waals surface area contributed by atoms with Crippen LogP contribution in [-0.4, -0.2) is 27.3 Å². The van der Waals surface area contributed by atoms with Crippen molar-refractivity contribution in [3.8, 4) is 0 Å². The molecule has 0 saturated carbocycles. The molecule has 78 valence electrons. The van der Waals surface area contributed by atoms with E-state index in [4.69, 9.17) is 0 Å². The van der Waals surface area contributed by atoms with E-state index < -0.39 is 0 Å². The third-order valence-corrected chi connectivity index (χ3v) is 1.97. The van der Waals surface area contributed by atoms with Crippen LogP contribution in [0.15, 0.2) is 12.3 Å². The molecule has 0 aliphatic heterocycles. The number of anilines is 1. The van der Waals surface area contributed by atoms with Crippen LogP contribution in [0.5, 0.6) is 0 Å². The zero-order valence-corrected chi connectivity index (χ0v) is 8.61. The molecule has 2 aromatic heterocycles. The van der Waals surface area contributed by atoms with Gasteiger partial charge in [-0.3, -0.25) is 4.79 Å². The number of nitrogens with zero attached hydrogens (tertiary/aromatic N) is 2. The molecule has 0 saturated heterocycles. The molecule has 0 atom stereocenters. The number of fused-ring (bicyclic) bond motifs is 1. The molecule has 5 nitrogen and oxygen atoms in total. The van der Waals surface area contributed by atoms with Gasteiger partial charge in [0.2, 0.25) is 0 Å². The van der Waals surface area contributed by atoms with Crippen molar-refractivity contribution in [1.82, 2.24) is 15.0 Å². The zero-order chi connectivity index (χ0) is 10.8. The van der Waals surface area contributed by atoms with Gasteiger partial charge in [-0.15, -0.1) is 0 Å². The highest BCUT2D eigenvalue weighted by molar-refractivity contribution is 5.88. The molecular weight excluding hydrogens is 192 g/mol.